The maximum Gasteiger partial charge on any atom is 0.289 e. The summed E-state index contributed by atoms with van der Waals surface area (Å²) in [5, 5.41) is 12.1. The summed E-state index contributed by atoms with van der Waals surface area (Å²) in [6.07, 6.45) is 6.30. The van der Waals surface area contributed by atoms with Crippen molar-refractivity contribution in [3.8, 4) is 0 Å². The number of fused-ring (bicyclic) bond motifs is 1. The van der Waals surface area contributed by atoms with E-state index in [-0.39, 0.29) is 4.92 Å². The quantitative estimate of drug-likeness (QED) is 0.567. The van der Waals surface area contributed by atoms with Gasteiger partial charge in [0.2, 0.25) is 0 Å². The molecule has 100 valence electrons. The fraction of sp³-hybridized carbons (Fsp3) is 0.833. The van der Waals surface area contributed by atoms with E-state index < -0.39 is 0 Å². The highest BCUT2D eigenvalue weighted by Gasteiger charge is 2.38. The van der Waals surface area contributed by atoms with Gasteiger partial charge in [0.25, 0.3) is 5.70 Å². The minimum atomic E-state index is -0.171. The predicted molar refractivity (Wildman–Crippen MR) is 71.6 cm³/mol. The molecule has 1 saturated heterocycles. The van der Waals surface area contributed by atoms with Crippen LogP contribution in [-0.2, 0) is 0 Å². The van der Waals surface area contributed by atoms with Crippen LogP contribution in [0.5, 0.6) is 0 Å². The molecular weight excluding hydrogens is 250 g/mol. The molecule has 0 bridgehead atoms. The molecule has 2 aliphatic heterocycles. The molecular formula is C12H19N3O2S. The Morgan fingerprint density at radius 2 is 2.06 bits per heavy atom. The van der Waals surface area contributed by atoms with Gasteiger partial charge in [-0.05, 0) is 12.8 Å². The van der Waals surface area contributed by atoms with Crippen LogP contribution in [-0.4, -0.2) is 46.3 Å². The molecule has 2 heterocycles. The SMILES string of the molecule is O=[N+]([O-])C1=C2SCCN2CN(C2CCCCC2)C1. The zero-order valence-electron chi connectivity index (χ0n) is 10.5. The Morgan fingerprint density at radius 3 is 2.78 bits per heavy atom. The molecule has 0 radical (unpaired) electrons. The molecule has 0 aromatic heterocycles. The Hall–Kier alpha value is -0.750. The van der Waals surface area contributed by atoms with Crippen molar-refractivity contribution in [1.29, 1.82) is 0 Å². The standard InChI is InChI=1S/C12H19N3O2S/c16-15(17)11-8-14(10-4-2-1-3-5-10)9-13-6-7-18-12(11)13/h10H,1-9H2. The zero-order valence-corrected chi connectivity index (χ0v) is 11.3. The molecule has 6 heteroatoms. The molecule has 0 atom stereocenters. The van der Waals surface area contributed by atoms with E-state index in [4.69, 9.17) is 0 Å². The first-order valence-corrected chi connectivity index (χ1v) is 7.73. The smallest absolute Gasteiger partial charge is 0.289 e. The third-order valence-electron chi connectivity index (χ3n) is 4.15. The van der Waals surface area contributed by atoms with Gasteiger partial charge in [-0.15, -0.1) is 11.8 Å². The van der Waals surface area contributed by atoms with Gasteiger partial charge in [-0.1, -0.05) is 19.3 Å². The Bertz CT molecular complexity index is 380. The summed E-state index contributed by atoms with van der Waals surface area (Å²) in [6.45, 7) is 2.39. The summed E-state index contributed by atoms with van der Waals surface area (Å²) in [6, 6.07) is 0.556. The van der Waals surface area contributed by atoms with Crippen LogP contribution < -0.4 is 0 Å². The minimum absolute atomic E-state index is 0.171. The van der Waals surface area contributed by atoms with Gasteiger partial charge in [-0.2, -0.15) is 0 Å². The van der Waals surface area contributed by atoms with Crippen molar-refractivity contribution < 1.29 is 4.92 Å². The molecule has 0 amide bonds. The fourth-order valence-corrected chi connectivity index (χ4v) is 4.34. The third kappa shape index (κ3) is 2.23. The second-order valence-corrected chi connectivity index (χ2v) is 6.38. The van der Waals surface area contributed by atoms with Crippen molar-refractivity contribution in [2.45, 2.75) is 38.1 Å². The third-order valence-corrected chi connectivity index (χ3v) is 5.30. The monoisotopic (exact) mass is 269 g/mol. The van der Waals surface area contributed by atoms with Gasteiger partial charge in [0, 0.05) is 18.3 Å². The molecule has 3 aliphatic rings. The summed E-state index contributed by atoms with van der Waals surface area (Å²) in [4.78, 5) is 15.6. The Balaban J connectivity index is 1.78. The maximum atomic E-state index is 11.2. The van der Waals surface area contributed by atoms with Gasteiger partial charge >= 0.3 is 0 Å². The molecule has 1 saturated carbocycles. The number of nitrogens with zero attached hydrogens (tertiary/aromatic N) is 3. The van der Waals surface area contributed by atoms with Crippen LogP contribution in [0, 0.1) is 10.1 Å². The van der Waals surface area contributed by atoms with Gasteiger partial charge in [0.05, 0.1) is 18.1 Å². The summed E-state index contributed by atoms with van der Waals surface area (Å²) < 4.78 is 0. The minimum Gasteiger partial charge on any atom is -0.347 e. The lowest BCUT2D eigenvalue weighted by molar-refractivity contribution is -0.431. The van der Waals surface area contributed by atoms with Crippen LogP contribution >= 0.6 is 11.8 Å². The van der Waals surface area contributed by atoms with Gasteiger partial charge in [-0.25, -0.2) is 0 Å². The first kappa shape index (κ1) is 12.3. The lowest BCUT2D eigenvalue weighted by atomic mass is 9.94. The van der Waals surface area contributed by atoms with Gasteiger partial charge in [0.15, 0.2) is 0 Å². The number of hydrogen-bond acceptors (Lipinski definition) is 5. The number of nitro groups is 1. The zero-order chi connectivity index (χ0) is 12.5. The van der Waals surface area contributed by atoms with Crippen molar-refractivity contribution in [3.63, 3.8) is 0 Å². The first-order valence-electron chi connectivity index (χ1n) is 6.75. The molecule has 3 rings (SSSR count). The lowest BCUT2D eigenvalue weighted by Gasteiger charge is -2.39. The molecule has 0 N–H and O–H groups in total. The van der Waals surface area contributed by atoms with E-state index in [2.05, 4.69) is 9.80 Å². The van der Waals surface area contributed by atoms with Crippen LogP contribution in [0.4, 0.5) is 0 Å². The second kappa shape index (κ2) is 5.09. The summed E-state index contributed by atoms with van der Waals surface area (Å²) in [5.74, 6) is 0.991. The van der Waals surface area contributed by atoms with Crippen molar-refractivity contribution in [3.05, 3.63) is 20.8 Å². The average Bonchev–Trinajstić information content (AvgIpc) is 2.86. The fourth-order valence-electron chi connectivity index (χ4n) is 3.20. The number of hydrogen-bond donors (Lipinski definition) is 0. The van der Waals surface area contributed by atoms with Crippen LogP contribution in [0.2, 0.25) is 0 Å². The van der Waals surface area contributed by atoms with E-state index in [9.17, 15) is 10.1 Å². The highest BCUT2D eigenvalue weighted by Crippen LogP contribution is 2.36. The Labute approximate surface area is 111 Å². The Morgan fingerprint density at radius 1 is 1.28 bits per heavy atom. The van der Waals surface area contributed by atoms with Crippen LogP contribution in [0.3, 0.4) is 0 Å². The highest BCUT2D eigenvalue weighted by atomic mass is 32.2. The van der Waals surface area contributed by atoms with Crippen LogP contribution in [0.25, 0.3) is 0 Å². The van der Waals surface area contributed by atoms with E-state index in [1.165, 1.54) is 32.1 Å². The van der Waals surface area contributed by atoms with Crippen molar-refractivity contribution in [1.82, 2.24) is 9.80 Å². The number of thioether (sulfide) groups is 1. The highest BCUT2D eigenvalue weighted by molar-refractivity contribution is 8.03. The number of rotatable bonds is 2. The molecule has 0 spiro atoms. The average molecular weight is 269 g/mol. The van der Waals surface area contributed by atoms with Crippen LogP contribution in [0.15, 0.2) is 10.7 Å². The maximum absolute atomic E-state index is 11.2. The lowest BCUT2D eigenvalue weighted by Crippen LogP contribution is -2.48. The summed E-state index contributed by atoms with van der Waals surface area (Å²) in [5.41, 5.74) is 0.425. The molecule has 2 fully saturated rings. The van der Waals surface area contributed by atoms with E-state index in [0.717, 1.165) is 24.0 Å². The van der Waals surface area contributed by atoms with Crippen molar-refractivity contribution in [2.75, 3.05) is 25.5 Å². The summed E-state index contributed by atoms with van der Waals surface area (Å²) >= 11 is 1.65. The second-order valence-electron chi connectivity index (χ2n) is 5.30. The predicted octanol–water partition coefficient (Wildman–Crippen LogP) is 2.09. The summed E-state index contributed by atoms with van der Waals surface area (Å²) in [7, 11) is 0. The van der Waals surface area contributed by atoms with Crippen molar-refractivity contribution in [2.24, 2.45) is 0 Å². The molecule has 0 unspecified atom stereocenters. The van der Waals surface area contributed by atoms with Gasteiger partial charge in [-0.3, -0.25) is 15.0 Å². The van der Waals surface area contributed by atoms with E-state index in [1.54, 1.807) is 11.8 Å². The van der Waals surface area contributed by atoms with E-state index in [1.807, 2.05) is 0 Å². The molecule has 0 aromatic carbocycles. The normalized spacial score (nSPS) is 26.6. The molecule has 18 heavy (non-hydrogen) atoms. The molecule has 1 aliphatic carbocycles. The topological polar surface area (TPSA) is 49.6 Å². The molecule has 0 aromatic rings. The van der Waals surface area contributed by atoms with Crippen LogP contribution in [0.1, 0.15) is 32.1 Å². The van der Waals surface area contributed by atoms with Gasteiger partial charge < -0.3 is 4.90 Å². The first-order chi connectivity index (χ1) is 8.75. The molecule has 5 nitrogen and oxygen atoms in total. The van der Waals surface area contributed by atoms with Gasteiger partial charge in [0.1, 0.15) is 5.03 Å². The Kier molecular flexibility index (Phi) is 3.48. The van der Waals surface area contributed by atoms with Crippen molar-refractivity contribution >= 4 is 11.8 Å². The van der Waals surface area contributed by atoms with E-state index >= 15 is 0 Å². The largest absolute Gasteiger partial charge is 0.347 e. The van der Waals surface area contributed by atoms with E-state index in [0.29, 0.717) is 18.3 Å².